The topological polar surface area (TPSA) is 64.9 Å². The number of amides is 1. The van der Waals surface area contributed by atoms with E-state index < -0.39 is 0 Å². The molecule has 0 spiro atoms. The molecule has 0 aliphatic carbocycles. The van der Waals surface area contributed by atoms with E-state index >= 15 is 0 Å². The van der Waals surface area contributed by atoms with Crippen LogP contribution in [0.2, 0.25) is 0 Å². The summed E-state index contributed by atoms with van der Waals surface area (Å²) in [5, 5.41) is 13.4. The molecule has 10 heavy (non-hydrogen) atoms. The van der Waals surface area contributed by atoms with Gasteiger partial charge in [-0.2, -0.15) is 5.26 Å². The Morgan fingerprint density at radius 3 is 2.90 bits per heavy atom. The number of hydrogen-bond acceptors (Lipinski definition) is 3. The summed E-state index contributed by atoms with van der Waals surface area (Å²) in [6.07, 6.45) is 0.370. The Morgan fingerprint density at radius 1 is 1.70 bits per heavy atom. The molecular formula is C6H11N3O. The first-order chi connectivity index (χ1) is 4.81. The summed E-state index contributed by atoms with van der Waals surface area (Å²) >= 11 is 0. The van der Waals surface area contributed by atoms with Crippen molar-refractivity contribution in [3.63, 3.8) is 0 Å². The molecule has 4 heteroatoms. The Balaban J connectivity index is 3.15. The molecule has 0 saturated carbocycles. The van der Waals surface area contributed by atoms with Gasteiger partial charge in [0.15, 0.2) is 0 Å². The number of rotatable bonds is 4. The van der Waals surface area contributed by atoms with Gasteiger partial charge < -0.3 is 10.6 Å². The minimum atomic E-state index is -0.0715. The Bertz CT molecular complexity index is 138. The minimum Gasteiger partial charge on any atom is -0.354 e. The highest BCUT2D eigenvalue weighted by Gasteiger charge is 1.94. The van der Waals surface area contributed by atoms with Crippen molar-refractivity contribution in [3.05, 3.63) is 0 Å². The van der Waals surface area contributed by atoms with Crippen LogP contribution in [0.15, 0.2) is 0 Å². The lowest BCUT2D eigenvalue weighted by molar-refractivity contribution is -0.120. The van der Waals surface area contributed by atoms with Crippen LogP contribution in [-0.4, -0.2) is 26.0 Å². The number of nitrogens with one attached hydrogen (secondary N) is 2. The summed E-state index contributed by atoms with van der Waals surface area (Å²) in [6, 6.07) is 1.93. The van der Waals surface area contributed by atoms with Crippen molar-refractivity contribution in [2.45, 2.75) is 6.42 Å². The van der Waals surface area contributed by atoms with Crippen molar-refractivity contribution in [2.24, 2.45) is 0 Å². The van der Waals surface area contributed by atoms with Crippen LogP contribution in [-0.2, 0) is 4.79 Å². The number of carbonyl (C=O) groups excluding carboxylic acids is 1. The molecule has 0 atom stereocenters. The van der Waals surface area contributed by atoms with E-state index in [4.69, 9.17) is 5.26 Å². The summed E-state index contributed by atoms with van der Waals surface area (Å²) in [5.41, 5.74) is 0. The fourth-order valence-corrected chi connectivity index (χ4v) is 0.481. The standard InChI is InChI=1S/C6H11N3O/c1-8-5-6(10)9-4-2-3-7/h8H,2,4-5H2,1H3,(H,9,10). The molecule has 0 aliphatic rings. The highest BCUT2D eigenvalue weighted by molar-refractivity contribution is 5.77. The van der Waals surface area contributed by atoms with Gasteiger partial charge >= 0.3 is 0 Å². The molecule has 1 amide bonds. The second kappa shape index (κ2) is 6.05. The van der Waals surface area contributed by atoms with E-state index in [2.05, 4.69) is 10.6 Å². The lowest BCUT2D eigenvalue weighted by Crippen LogP contribution is -2.32. The Kier molecular flexibility index (Phi) is 5.39. The molecule has 2 N–H and O–H groups in total. The Labute approximate surface area is 60.2 Å². The van der Waals surface area contributed by atoms with Crippen molar-refractivity contribution in [1.82, 2.24) is 10.6 Å². The monoisotopic (exact) mass is 141 g/mol. The third-order valence-electron chi connectivity index (χ3n) is 0.896. The van der Waals surface area contributed by atoms with Gasteiger partial charge in [-0.05, 0) is 7.05 Å². The summed E-state index contributed by atoms with van der Waals surface area (Å²) < 4.78 is 0. The van der Waals surface area contributed by atoms with E-state index in [1.807, 2.05) is 6.07 Å². The van der Waals surface area contributed by atoms with Gasteiger partial charge in [0.05, 0.1) is 19.0 Å². The quantitative estimate of drug-likeness (QED) is 0.505. The van der Waals surface area contributed by atoms with Gasteiger partial charge in [-0.1, -0.05) is 0 Å². The third kappa shape index (κ3) is 5.06. The first-order valence-electron chi connectivity index (χ1n) is 3.09. The third-order valence-corrected chi connectivity index (χ3v) is 0.896. The molecule has 0 aliphatic heterocycles. The zero-order valence-corrected chi connectivity index (χ0v) is 5.98. The second-order valence-electron chi connectivity index (χ2n) is 1.79. The van der Waals surface area contributed by atoms with Gasteiger partial charge in [0.1, 0.15) is 0 Å². The van der Waals surface area contributed by atoms with Crippen molar-refractivity contribution in [1.29, 1.82) is 5.26 Å². The van der Waals surface area contributed by atoms with Crippen LogP contribution in [0.4, 0.5) is 0 Å². The van der Waals surface area contributed by atoms with E-state index in [0.717, 1.165) is 0 Å². The van der Waals surface area contributed by atoms with E-state index in [9.17, 15) is 4.79 Å². The van der Waals surface area contributed by atoms with Crippen molar-refractivity contribution in [2.75, 3.05) is 20.1 Å². The van der Waals surface area contributed by atoms with Gasteiger partial charge in [0, 0.05) is 6.54 Å². The molecule has 4 nitrogen and oxygen atoms in total. The predicted molar refractivity (Wildman–Crippen MR) is 37.2 cm³/mol. The molecule has 0 aromatic rings. The van der Waals surface area contributed by atoms with Crippen LogP contribution in [0.3, 0.4) is 0 Å². The summed E-state index contributed by atoms with van der Waals surface area (Å²) in [4.78, 5) is 10.6. The van der Waals surface area contributed by atoms with E-state index in [0.29, 0.717) is 19.5 Å². The number of carbonyl (C=O) groups is 1. The average Bonchev–Trinajstić information content (AvgIpc) is 1.89. The molecule has 0 aromatic carbocycles. The Hall–Kier alpha value is -1.08. The summed E-state index contributed by atoms with van der Waals surface area (Å²) in [5.74, 6) is -0.0715. The Morgan fingerprint density at radius 2 is 2.40 bits per heavy atom. The minimum absolute atomic E-state index is 0.0715. The number of likely N-dealkylation sites (N-methyl/N-ethyl adjacent to an activating group) is 1. The molecule has 0 unspecified atom stereocenters. The van der Waals surface area contributed by atoms with Crippen molar-refractivity contribution >= 4 is 5.91 Å². The van der Waals surface area contributed by atoms with Gasteiger partial charge in [0.2, 0.25) is 5.91 Å². The number of nitriles is 1. The van der Waals surface area contributed by atoms with Crippen LogP contribution >= 0.6 is 0 Å². The highest BCUT2D eigenvalue weighted by atomic mass is 16.1. The molecule has 0 fully saturated rings. The zero-order chi connectivity index (χ0) is 7.82. The molecule has 0 bridgehead atoms. The van der Waals surface area contributed by atoms with E-state index in [1.165, 1.54) is 0 Å². The largest absolute Gasteiger partial charge is 0.354 e. The number of hydrogen-bond donors (Lipinski definition) is 2. The SMILES string of the molecule is CNCC(=O)NCCC#N. The first kappa shape index (κ1) is 8.92. The van der Waals surface area contributed by atoms with E-state index in [1.54, 1.807) is 7.05 Å². The maximum absolute atomic E-state index is 10.6. The molecule has 0 radical (unpaired) electrons. The van der Waals surface area contributed by atoms with Crippen LogP contribution in [0.25, 0.3) is 0 Å². The lowest BCUT2D eigenvalue weighted by Gasteiger charge is -1.99. The smallest absolute Gasteiger partial charge is 0.233 e. The maximum Gasteiger partial charge on any atom is 0.233 e. The molecule has 0 rings (SSSR count). The zero-order valence-electron chi connectivity index (χ0n) is 5.98. The van der Waals surface area contributed by atoms with Gasteiger partial charge in [-0.25, -0.2) is 0 Å². The van der Waals surface area contributed by atoms with E-state index in [-0.39, 0.29) is 5.91 Å². The fraction of sp³-hybridized carbons (Fsp3) is 0.667. The highest BCUT2D eigenvalue weighted by Crippen LogP contribution is 1.69. The summed E-state index contributed by atoms with van der Waals surface area (Å²) in [6.45, 7) is 0.752. The van der Waals surface area contributed by atoms with Crippen LogP contribution < -0.4 is 10.6 Å². The first-order valence-corrected chi connectivity index (χ1v) is 3.09. The van der Waals surface area contributed by atoms with Crippen LogP contribution in [0.1, 0.15) is 6.42 Å². The second-order valence-corrected chi connectivity index (χ2v) is 1.79. The number of nitrogens with zero attached hydrogens (tertiary/aromatic N) is 1. The average molecular weight is 141 g/mol. The van der Waals surface area contributed by atoms with Crippen LogP contribution in [0, 0.1) is 11.3 Å². The summed E-state index contributed by atoms with van der Waals surface area (Å²) in [7, 11) is 1.70. The molecular weight excluding hydrogens is 130 g/mol. The normalized spacial score (nSPS) is 8.40. The van der Waals surface area contributed by atoms with Gasteiger partial charge in [0.25, 0.3) is 0 Å². The molecule has 0 heterocycles. The fourth-order valence-electron chi connectivity index (χ4n) is 0.481. The van der Waals surface area contributed by atoms with Gasteiger partial charge in [-0.3, -0.25) is 4.79 Å². The maximum atomic E-state index is 10.6. The van der Waals surface area contributed by atoms with Crippen molar-refractivity contribution in [3.8, 4) is 6.07 Å². The van der Waals surface area contributed by atoms with Gasteiger partial charge in [-0.15, -0.1) is 0 Å². The molecule has 0 aromatic heterocycles. The lowest BCUT2D eigenvalue weighted by atomic mass is 10.4. The molecule has 0 saturated heterocycles. The predicted octanol–water partition coefficient (Wildman–Crippen LogP) is -0.764. The van der Waals surface area contributed by atoms with Crippen LogP contribution in [0.5, 0.6) is 0 Å². The van der Waals surface area contributed by atoms with Crippen molar-refractivity contribution < 1.29 is 4.79 Å². The molecule has 56 valence electrons.